The van der Waals surface area contributed by atoms with Crippen LogP contribution in [0.25, 0.3) is 0 Å². The first-order chi connectivity index (χ1) is 26.5. The molecule has 3 aromatic rings. The number of amidine groups is 1. The van der Waals surface area contributed by atoms with E-state index in [1.54, 1.807) is 42.5 Å². The Morgan fingerprint density at radius 1 is 0.891 bits per heavy atom. The van der Waals surface area contributed by atoms with Gasteiger partial charge in [-0.25, -0.2) is 14.9 Å². The van der Waals surface area contributed by atoms with Crippen LogP contribution in [0.2, 0.25) is 0 Å². The van der Waals surface area contributed by atoms with Crippen molar-refractivity contribution in [2.75, 3.05) is 19.9 Å². The van der Waals surface area contributed by atoms with E-state index >= 15 is 0 Å². The highest BCUT2D eigenvalue weighted by Crippen LogP contribution is 2.45. The van der Waals surface area contributed by atoms with E-state index in [2.05, 4.69) is 15.0 Å². The Labute approximate surface area is 314 Å². The number of carbonyl (C=O) groups excluding carboxylic acids is 2. The summed E-state index contributed by atoms with van der Waals surface area (Å²) in [4.78, 5) is 41.0. The third-order valence-electron chi connectivity index (χ3n) is 10.8. The van der Waals surface area contributed by atoms with Gasteiger partial charge < -0.3 is 44.8 Å². The van der Waals surface area contributed by atoms with Crippen molar-refractivity contribution in [1.82, 2.24) is 0 Å². The molecule has 3 aliphatic heterocycles. The van der Waals surface area contributed by atoms with Gasteiger partial charge in [-0.05, 0) is 25.0 Å². The molecule has 0 amide bonds. The van der Waals surface area contributed by atoms with Gasteiger partial charge >= 0.3 is 0 Å². The van der Waals surface area contributed by atoms with Crippen molar-refractivity contribution in [3.63, 3.8) is 0 Å². The minimum absolute atomic E-state index is 0.00267. The van der Waals surface area contributed by atoms with Gasteiger partial charge in [-0.1, -0.05) is 61.7 Å². The zero-order valence-electron chi connectivity index (χ0n) is 29.5. The molecule has 1 saturated heterocycles. The number of carbonyl (C=O) groups is 2. The van der Waals surface area contributed by atoms with Gasteiger partial charge in [0.2, 0.25) is 12.2 Å². The number of aliphatic hydroxyl groups is 5. The number of rotatable bonds is 9. The number of benzene rings is 3. The second-order valence-electron chi connectivity index (χ2n) is 14.2. The fourth-order valence-corrected chi connectivity index (χ4v) is 8.16. The molecule has 1 unspecified atom stereocenters. The van der Waals surface area contributed by atoms with Crippen LogP contribution in [-0.4, -0.2) is 117 Å². The number of nitrogens with one attached hydrogen (secondary N) is 2. The summed E-state index contributed by atoms with van der Waals surface area (Å²) in [7, 11) is 0. The zero-order valence-corrected chi connectivity index (χ0v) is 29.5. The van der Waals surface area contributed by atoms with Crippen molar-refractivity contribution in [1.29, 1.82) is 5.41 Å². The van der Waals surface area contributed by atoms with Crippen molar-refractivity contribution < 1.29 is 59.3 Å². The number of aliphatic imine (C=N–C) groups is 3. The molecule has 7 N–H and O–H groups in total. The van der Waals surface area contributed by atoms with Crippen molar-refractivity contribution >= 4 is 40.7 Å². The van der Waals surface area contributed by atoms with E-state index in [1.807, 2.05) is 0 Å². The summed E-state index contributed by atoms with van der Waals surface area (Å²) in [6.07, 6.45) is -5.65. The molecule has 1 saturated carbocycles. The molecule has 6 atom stereocenters. The molecule has 2 fully saturated rings. The maximum Gasteiger partial charge on any atom is 0.262 e. The molecule has 0 bridgehead atoms. The molecule has 2 aliphatic carbocycles. The van der Waals surface area contributed by atoms with Gasteiger partial charge in [0.05, 0.1) is 17.8 Å². The molecule has 55 heavy (non-hydrogen) atoms. The Bertz CT molecular complexity index is 2180. The lowest BCUT2D eigenvalue weighted by Crippen LogP contribution is -3.09. The summed E-state index contributed by atoms with van der Waals surface area (Å²) in [6.45, 7) is -0.730. The molecule has 16 nitrogen and oxygen atoms in total. The Kier molecular flexibility index (Phi) is 9.67. The number of aliphatic hydroxyl groups excluding tert-OH is 4. The van der Waals surface area contributed by atoms with Gasteiger partial charge in [0.15, 0.2) is 35.4 Å². The monoisotopic (exact) mass is 753 g/mol. The second-order valence-corrected chi connectivity index (χ2v) is 14.2. The number of guanidine groups is 1. The van der Waals surface area contributed by atoms with Crippen LogP contribution < -0.4 is 19.5 Å². The minimum atomic E-state index is -1.84. The first-order valence-corrected chi connectivity index (χ1v) is 18.1. The number of fused-ring (bicyclic) bond motifs is 3. The maximum atomic E-state index is 14.2. The van der Waals surface area contributed by atoms with E-state index in [4.69, 9.17) is 19.6 Å². The number of ether oxygens (including phenoxy) is 3. The largest absolute Gasteiger partial charge is 0.857 e. The molecule has 0 aromatic heterocycles. The number of hydrogen-bond donors (Lipinski definition) is 7. The molecule has 0 radical (unpaired) electrons. The number of ketones is 2. The Morgan fingerprint density at radius 2 is 1.60 bits per heavy atom. The van der Waals surface area contributed by atoms with Crippen LogP contribution in [0.4, 0.5) is 5.69 Å². The summed E-state index contributed by atoms with van der Waals surface area (Å²) in [5.74, 6) is -2.28. The Balaban J connectivity index is 1.27. The van der Waals surface area contributed by atoms with Crippen molar-refractivity contribution in [2.45, 2.75) is 74.8 Å². The summed E-state index contributed by atoms with van der Waals surface area (Å²) in [5.41, 5.74) is 0.183. The first-order valence-electron chi connectivity index (χ1n) is 18.1. The summed E-state index contributed by atoms with van der Waals surface area (Å²) in [6, 6.07) is 15.0. The zero-order chi connectivity index (χ0) is 38.6. The second kappa shape index (κ2) is 14.5. The molecule has 3 heterocycles. The number of quaternary nitrogens is 1. The first kappa shape index (κ1) is 36.8. The van der Waals surface area contributed by atoms with Crippen LogP contribution >= 0.6 is 0 Å². The van der Waals surface area contributed by atoms with Gasteiger partial charge in [-0.2, -0.15) is 4.99 Å². The third-order valence-corrected chi connectivity index (χ3v) is 10.8. The number of hydrogen-bond acceptors (Lipinski definition) is 13. The van der Waals surface area contributed by atoms with E-state index in [-0.39, 0.29) is 83.4 Å². The predicted molar refractivity (Wildman–Crippen MR) is 192 cm³/mol. The van der Waals surface area contributed by atoms with Crippen LogP contribution in [-0.2, 0) is 11.2 Å². The molecule has 0 spiro atoms. The van der Waals surface area contributed by atoms with E-state index in [0.717, 1.165) is 6.42 Å². The third kappa shape index (κ3) is 6.34. The fraction of sp³-hybridized carbons (Fsp3) is 0.385. The maximum absolute atomic E-state index is 14.2. The van der Waals surface area contributed by atoms with E-state index in [0.29, 0.717) is 29.0 Å². The standard InChI is InChI=1S/C39H39N5O11/c40-38-42-35-26(36(51)43-38)41-18-44(35)24-11-5-2-8-19(24)16-20-17-23-25(28(47)22-10-4-3-9-21(22)27(23)46)33(53-15-14-45)32(20)54-37-31(50)29(48)30(49)34(55-37)39(52)12-6-1-7-13-39/h2-5,8-11,17,29-31,34,37,45,48-50,52H,1,6-7,12-16,18H2,(H2,40,43,51)/t29-,30-,31+,34-,37-/m1/s1. The van der Waals surface area contributed by atoms with Crippen LogP contribution in [0.15, 0.2) is 69.6 Å². The highest BCUT2D eigenvalue weighted by Gasteiger charge is 2.54. The van der Waals surface area contributed by atoms with Gasteiger partial charge in [-0.15, -0.1) is 0 Å². The van der Waals surface area contributed by atoms with Gasteiger partial charge in [0.25, 0.3) is 5.84 Å². The molecular weight excluding hydrogens is 714 g/mol. The van der Waals surface area contributed by atoms with Crippen molar-refractivity contribution in [2.24, 2.45) is 15.0 Å². The molecule has 286 valence electrons. The smallest absolute Gasteiger partial charge is 0.262 e. The van der Waals surface area contributed by atoms with E-state index in [1.165, 1.54) is 12.1 Å². The van der Waals surface area contributed by atoms with E-state index in [9.17, 15) is 40.2 Å². The summed E-state index contributed by atoms with van der Waals surface area (Å²) in [5, 5.41) is 75.5. The average molecular weight is 754 g/mol. The molecule has 16 heteroatoms. The molecule has 5 aliphatic rings. The average Bonchev–Trinajstić information content (AvgIpc) is 3.61. The number of para-hydroxylation sites is 1. The molecule has 3 aromatic carbocycles. The normalized spacial score (nSPS) is 27.0. The highest BCUT2D eigenvalue weighted by atomic mass is 16.7. The quantitative estimate of drug-likeness (QED) is 0.113. The van der Waals surface area contributed by atoms with Crippen LogP contribution in [0.3, 0.4) is 0 Å². The van der Waals surface area contributed by atoms with Crippen LogP contribution in [0.5, 0.6) is 11.5 Å². The molecular formula is C39H39N5O11. The fourth-order valence-electron chi connectivity index (χ4n) is 8.16. The lowest BCUT2D eigenvalue weighted by Gasteiger charge is -2.48. The topological polar surface area (TPSA) is 251 Å². The van der Waals surface area contributed by atoms with Gasteiger partial charge in [0, 0.05) is 40.1 Å². The van der Waals surface area contributed by atoms with Gasteiger partial charge in [-0.3, -0.25) is 15.0 Å². The summed E-state index contributed by atoms with van der Waals surface area (Å²) < 4.78 is 18.6. The van der Waals surface area contributed by atoms with Gasteiger partial charge in [0.1, 0.15) is 36.7 Å². The lowest BCUT2D eigenvalue weighted by atomic mass is 9.76. The van der Waals surface area contributed by atoms with E-state index < -0.39 is 66.3 Å². The van der Waals surface area contributed by atoms with Crippen LogP contribution in [0.1, 0.15) is 75.1 Å². The lowest BCUT2D eigenvalue weighted by molar-refractivity contribution is -0.723. The Morgan fingerprint density at radius 3 is 2.35 bits per heavy atom. The summed E-state index contributed by atoms with van der Waals surface area (Å²) >= 11 is 0. The predicted octanol–water partition coefficient (Wildman–Crippen LogP) is -0.660. The molecule has 8 rings (SSSR count). The highest BCUT2D eigenvalue weighted by molar-refractivity contribution is 6.66. The van der Waals surface area contributed by atoms with Crippen molar-refractivity contribution in [3.8, 4) is 11.5 Å². The SMILES string of the molecule is N=C1N=C([O-])C2=NC[NH+](c3ccccc3Cc3cc4c(c(OCCO)c3O[C@@H]3O[C@@H](C5(O)CCCCC5)[C@H](O)[C@@H](O)[C@@H]3O)C(=O)c3ccccc3C4=O)C2=N1. The Hall–Kier alpha value is -5.20. The number of nitrogens with zero attached hydrogens (tertiary/aromatic N) is 3. The van der Waals surface area contributed by atoms with Crippen LogP contribution in [0, 0.1) is 5.41 Å². The minimum Gasteiger partial charge on any atom is -0.857 e. The van der Waals surface area contributed by atoms with Crippen molar-refractivity contribution in [3.05, 3.63) is 88.0 Å².